The number of carbonyl (C=O) groups is 2. The maximum atomic E-state index is 12.0. The predicted molar refractivity (Wildman–Crippen MR) is 71.7 cm³/mol. The first kappa shape index (κ1) is 14.5. The van der Waals surface area contributed by atoms with E-state index in [1.54, 1.807) is 24.1 Å². The molecular formula is C13H20N4O3. The minimum absolute atomic E-state index is 0.0927. The summed E-state index contributed by atoms with van der Waals surface area (Å²) in [6, 6.07) is -0.773. The lowest BCUT2D eigenvalue weighted by atomic mass is 9.66. The highest BCUT2D eigenvalue weighted by Crippen LogP contribution is 2.43. The van der Waals surface area contributed by atoms with E-state index >= 15 is 0 Å². The number of aliphatic carboxylic acids is 1. The van der Waals surface area contributed by atoms with Crippen LogP contribution < -0.4 is 11.1 Å². The Morgan fingerprint density at radius 3 is 2.75 bits per heavy atom. The zero-order valence-corrected chi connectivity index (χ0v) is 11.5. The van der Waals surface area contributed by atoms with E-state index < -0.39 is 12.0 Å². The molecule has 4 N–H and O–H groups in total. The monoisotopic (exact) mass is 280 g/mol. The van der Waals surface area contributed by atoms with Crippen LogP contribution in [0.1, 0.15) is 37.3 Å². The first-order valence-electron chi connectivity index (χ1n) is 6.65. The summed E-state index contributed by atoms with van der Waals surface area (Å²) in [5, 5.41) is 15.7. The number of nitrogens with one attached hydrogen (secondary N) is 1. The second-order valence-electron chi connectivity index (χ2n) is 5.57. The molecule has 110 valence electrons. The van der Waals surface area contributed by atoms with Crippen molar-refractivity contribution < 1.29 is 14.7 Å². The van der Waals surface area contributed by atoms with Gasteiger partial charge in [0, 0.05) is 25.4 Å². The van der Waals surface area contributed by atoms with Crippen LogP contribution in [-0.2, 0) is 16.6 Å². The van der Waals surface area contributed by atoms with Crippen molar-refractivity contribution in [1.29, 1.82) is 0 Å². The third kappa shape index (κ3) is 3.16. The molecule has 1 aromatic rings. The van der Waals surface area contributed by atoms with Gasteiger partial charge in [-0.25, -0.2) is 0 Å². The fourth-order valence-electron chi connectivity index (χ4n) is 2.55. The van der Waals surface area contributed by atoms with Gasteiger partial charge in [0.25, 0.3) is 0 Å². The summed E-state index contributed by atoms with van der Waals surface area (Å²) in [6.45, 7) is 0.367. The molecular weight excluding hydrogens is 260 g/mol. The van der Waals surface area contributed by atoms with Crippen molar-refractivity contribution in [2.24, 2.45) is 18.2 Å². The van der Waals surface area contributed by atoms with Gasteiger partial charge in [-0.2, -0.15) is 5.10 Å². The van der Waals surface area contributed by atoms with Crippen molar-refractivity contribution in [2.75, 3.05) is 6.54 Å². The summed E-state index contributed by atoms with van der Waals surface area (Å²) < 4.78 is 1.58. The number of aromatic nitrogens is 2. The molecule has 7 nitrogen and oxygen atoms in total. The van der Waals surface area contributed by atoms with Crippen LogP contribution in [-0.4, -0.2) is 33.3 Å². The number of nitrogens with zero attached hydrogens (tertiary/aromatic N) is 2. The van der Waals surface area contributed by atoms with E-state index in [4.69, 9.17) is 10.8 Å². The number of carbonyl (C=O) groups excluding carboxylic acids is 1. The SMILES string of the molecule is Cn1cc(C(N)C(=O)NCC2(CC(=O)O)CCC2)cn1. The number of hydrogen-bond donors (Lipinski definition) is 3. The summed E-state index contributed by atoms with van der Waals surface area (Å²) in [4.78, 5) is 22.9. The summed E-state index contributed by atoms with van der Waals surface area (Å²) >= 11 is 0. The predicted octanol–water partition coefficient (Wildman–Crippen LogP) is 0.181. The van der Waals surface area contributed by atoms with Crippen molar-refractivity contribution in [1.82, 2.24) is 15.1 Å². The second-order valence-corrected chi connectivity index (χ2v) is 5.57. The van der Waals surface area contributed by atoms with Gasteiger partial charge in [-0.1, -0.05) is 6.42 Å². The molecule has 0 bridgehead atoms. The number of aryl methyl sites for hydroxylation is 1. The molecule has 0 aliphatic heterocycles. The Hall–Kier alpha value is -1.89. The minimum atomic E-state index is -0.824. The van der Waals surface area contributed by atoms with Gasteiger partial charge in [0.05, 0.1) is 12.6 Å². The smallest absolute Gasteiger partial charge is 0.303 e. The van der Waals surface area contributed by atoms with Crippen LogP contribution in [0.25, 0.3) is 0 Å². The molecule has 1 aliphatic carbocycles. The molecule has 7 heteroatoms. The Morgan fingerprint density at radius 2 is 2.30 bits per heavy atom. The number of carboxylic acids is 1. The van der Waals surface area contributed by atoms with Crippen LogP contribution in [0.2, 0.25) is 0 Å². The van der Waals surface area contributed by atoms with E-state index in [0.29, 0.717) is 12.1 Å². The number of amides is 1. The van der Waals surface area contributed by atoms with Gasteiger partial charge < -0.3 is 16.2 Å². The zero-order chi connectivity index (χ0) is 14.8. The van der Waals surface area contributed by atoms with Crippen LogP contribution in [0.4, 0.5) is 0 Å². The third-order valence-corrected chi connectivity index (χ3v) is 3.94. The van der Waals surface area contributed by atoms with Crippen molar-refractivity contribution in [3.8, 4) is 0 Å². The minimum Gasteiger partial charge on any atom is -0.481 e. The van der Waals surface area contributed by atoms with Crippen LogP contribution >= 0.6 is 0 Å². The molecule has 20 heavy (non-hydrogen) atoms. The summed E-state index contributed by atoms with van der Waals surface area (Å²) in [6.07, 6.45) is 6.03. The van der Waals surface area contributed by atoms with Gasteiger partial charge in [0.2, 0.25) is 5.91 Å². The largest absolute Gasteiger partial charge is 0.481 e. The van der Waals surface area contributed by atoms with Gasteiger partial charge in [0.1, 0.15) is 6.04 Å². The quantitative estimate of drug-likeness (QED) is 0.688. The molecule has 1 aromatic heterocycles. The average molecular weight is 280 g/mol. The lowest BCUT2D eigenvalue weighted by Crippen LogP contribution is -2.45. The maximum Gasteiger partial charge on any atom is 0.303 e. The van der Waals surface area contributed by atoms with E-state index in [1.807, 2.05) is 0 Å². The number of rotatable bonds is 6. The molecule has 1 atom stereocenters. The Balaban J connectivity index is 1.89. The average Bonchev–Trinajstić information content (AvgIpc) is 2.77. The van der Waals surface area contributed by atoms with E-state index in [-0.39, 0.29) is 17.7 Å². The fraction of sp³-hybridized carbons (Fsp3) is 0.615. The molecule has 1 saturated carbocycles. The number of nitrogens with two attached hydrogens (primary N) is 1. The Morgan fingerprint density at radius 1 is 1.60 bits per heavy atom. The Bertz CT molecular complexity index is 507. The molecule has 0 spiro atoms. The molecule has 1 unspecified atom stereocenters. The van der Waals surface area contributed by atoms with E-state index in [1.165, 1.54) is 0 Å². The van der Waals surface area contributed by atoms with E-state index in [0.717, 1.165) is 19.3 Å². The van der Waals surface area contributed by atoms with Gasteiger partial charge >= 0.3 is 5.97 Å². The first-order valence-corrected chi connectivity index (χ1v) is 6.65. The first-order chi connectivity index (χ1) is 9.42. The van der Waals surface area contributed by atoms with Crippen molar-refractivity contribution in [3.05, 3.63) is 18.0 Å². The topological polar surface area (TPSA) is 110 Å². The fourth-order valence-corrected chi connectivity index (χ4v) is 2.55. The Kier molecular flexibility index (Phi) is 4.08. The van der Waals surface area contributed by atoms with Gasteiger partial charge in [-0.3, -0.25) is 14.3 Å². The molecule has 1 heterocycles. The molecule has 1 amide bonds. The van der Waals surface area contributed by atoms with Gasteiger partial charge in [-0.05, 0) is 18.3 Å². The van der Waals surface area contributed by atoms with Gasteiger partial charge in [-0.15, -0.1) is 0 Å². The summed E-state index contributed by atoms with van der Waals surface area (Å²) in [5.41, 5.74) is 6.21. The normalized spacial score (nSPS) is 18.1. The second kappa shape index (κ2) is 5.62. The van der Waals surface area contributed by atoms with Gasteiger partial charge in [0.15, 0.2) is 0 Å². The Labute approximate surface area is 117 Å². The lowest BCUT2D eigenvalue weighted by Gasteiger charge is -2.41. The molecule has 0 radical (unpaired) electrons. The van der Waals surface area contributed by atoms with Crippen LogP contribution in [0.3, 0.4) is 0 Å². The highest BCUT2D eigenvalue weighted by molar-refractivity contribution is 5.82. The summed E-state index contributed by atoms with van der Waals surface area (Å²) in [5.74, 6) is -1.12. The van der Waals surface area contributed by atoms with Crippen molar-refractivity contribution >= 4 is 11.9 Å². The van der Waals surface area contributed by atoms with Crippen molar-refractivity contribution in [3.63, 3.8) is 0 Å². The van der Waals surface area contributed by atoms with Crippen LogP contribution in [0.15, 0.2) is 12.4 Å². The number of carboxylic acid groups (broad SMARTS) is 1. The number of hydrogen-bond acceptors (Lipinski definition) is 4. The summed E-state index contributed by atoms with van der Waals surface area (Å²) in [7, 11) is 1.75. The standard InChI is InChI=1S/C13H20N4O3/c1-17-7-9(6-16-17)11(14)12(20)15-8-13(3-2-4-13)5-10(18)19/h6-7,11H,2-5,8,14H2,1H3,(H,15,20)(H,18,19). The molecule has 1 aliphatic rings. The van der Waals surface area contributed by atoms with Crippen LogP contribution in [0, 0.1) is 5.41 Å². The zero-order valence-electron chi connectivity index (χ0n) is 11.5. The van der Waals surface area contributed by atoms with E-state index in [2.05, 4.69) is 10.4 Å². The molecule has 0 saturated heterocycles. The molecule has 2 rings (SSSR count). The molecule has 0 aromatic carbocycles. The third-order valence-electron chi connectivity index (χ3n) is 3.94. The van der Waals surface area contributed by atoms with E-state index in [9.17, 15) is 9.59 Å². The highest BCUT2D eigenvalue weighted by atomic mass is 16.4. The van der Waals surface area contributed by atoms with Crippen LogP contribution in [0.5, 0.6) is 0 Å². The maximum absolute atomic E-state index is 12.0. The highest BCUT2D eigenvalue weighted by Gasteiger charge is 2.39. The van der Waals surface area contributed by atoms with Crippen molar-refractivity contribution in [2.45, 2.75) is 31.7 Å². The molecule has 1 fully saturated rings. The lowest BCUT2D eigenvalue weighted by molar-refractivity contribution is -0.142.